The highest BCUT2D eigenvalue weighted by Crippen LogP contribution is 2.24. The van der Waals surface area contributed by atoms with Crippen molar-refractivity contribution in [2.75, 3.05) is 7.11 Å². The van der Waals surface area contributed by atoms with Gasteiger partial charge in [-0.25, -0.2) is 13.1 Å². The lowest BCUT2D eigenvalue weighted by Gasteiger charge is -2.22. The molecule has 2 N–H and O–H groups in total. The molecule has 1 amide bonds. The van der Waals surface area contributed by atoms with Crippen LogP contribution in [0.3, 0.4) is 0 Å². The number of ether oxygens (including phenoxy) is 1. The van der Waals surface area contributed by atoms with Gasteiger partial charge in [-0.15, -0.1) is 0 Å². The van der Waals surface area contributed by atoms with E-state index in [1.165, 1.54) is 6.42 Å². The summed E-state index contributed by atoms with van der Waals surface area (Å²) in [6.07, 6.45) is 6.00. The molecule has 0 bridgehead atoms. The van der Waals surface area contributed by atoms with E-state index in [1.54, 1.807) is 31.4 Å². The van der Waals surface area contributed by atoms with Crippen LogP contribution in [0.15, 0.2) is 53.4 Å². The first kappa shape index (κ1) is 23.3. The van der Waals surface area contributed by atoms with Crippen LogP contribution in [0.5, 0.6) is 5.75 Å². The minimum Gasteiger partial charge on any atom is -0.496 e. The molecule has 7 heteroatoms. The molecule has 1 aliphatic rings. The smallest absolute Gasteiger partial charge is 0.240 e. The molecule has 2 aromatic carbocycles. The van der Waals surface area contributed by atoms with Crippen molar-refractivity contribution in [3.05, 3.63) is 59.7 Å². The summed E-state index contributed by atoms with van der Waals surface area (Å²) in [4.78, 5) is 12.7. The van der Waals surface area contributed by atoms with Gasteiger partial charge in [0, 0.05) is 18.0 Å². The summed E-state index contributed by atoms with van der Waals surface area (Å²) in [6.45, 7) is 1.93. The van der Waals surface area contributed by atoms with Crippen LogP contribution in [-0.4, -0.2) is 27.5 Å². The van der Waals surface area contributed by atoms with Gasteiger partial charge < -0.3 is 10.1 Å². The molecule has 0 saturated heterocycles. The number of aryl methyl sites for hydroxylation is 1. The van der Waals surface area contributed by atoms with Gasteiger partial charge in [0.1, 0.15) is 5.75 Å². The number of carbonyl (C=O) groups is 1. The average molecular weight is 445 g/mol. The second kappa shape index (κ2) is 10.8. The minimum atomic E-state index is -3.50. The Hall–Kier alpha value is -2.38. The van der Waals surface area contributed by atoms with E-state index in [4.69, 9.17) is 4.74 Å². The molecule has 0 aliphatic heterocycles. The van der Waals surface area contributed by atoms with E-state index in [9.17, 15) is 13.2 Å². The van der Waals surface area contributed by atoms with Crippen LogP contribution in [0.4, 0.5) is 0 Å². The van der Waals surface area contributed by atoms with Crippen molar-refractivity contribution in [3.63, 3.8) is 0 Å². The van der Waals surface area contributed by atoms with Gasteiger partial charge in [-0.1, -0.05) is 49.6 Å². The first-order chi connectivity index (χ1) is 14.9. The number of hydrogen-bond donors (Lipinski definition) is 2. The van der Waals surface area contributed by atoms with Gasteiger partial charge in [-0.05, 0) is 49.9 Å². The Morgan fingerprint density at radius 2 is 1.74 bits per heavy atom. The SMILES string of the molecule is COc1ccccc1C(C)NC(=O)CCc1ccc(S(=O)(=O)NC2CCCCC2)cc1. The van der Waals surface area contributed by atoms with Gasteiger partial charge in [0.2, 0.25) is 15.9 Å². The van der Waals surface area contributed by atoms with Gasteiger partial charge in [0.25, 0.3) is 0 Å². The lowest BCUT2D eigenvalue weighted by molar-refractivity contribution is -0.121. The lowest BCUT2D eigenvalue weighted by Crippen LogP contribution is -2.36. The number of rotatable bonds is 9. The van der Waals surface area contributed by atoms with E-state index in [2.05, 4.69) is 10.0 Å². The van der Waals surface area contributed by atoms with Crippen molar-refractivity contribution in [1.82, 2.24) is 10.0 Å². The van der Waals surface area contributed by atoms with Crippen LogP contribution in [0.1, 0.15) is 62.6 Å². The van der Waals surface area contributed by atoms with Gasteiger partial charge in [0.05, 0.1) is 18.0 Å². The molecule has 1 saturated carbocycles. The van der Waals surface area contributed by atoms with E-state index >= 15 is 0 Å². The third kappa shape index (κ3) is 6.55. The Bertz CT molecular complexity index is 967. The summed E-state index contributed by atoms with van der Waals surface area (Å²) in [5.74, 6) is 0.683. The number of nitrogens with one attached hydrogen (secondary N) is 2. The normalized spacial score (nSPS) is 15.9. The van der Waals surface area contributed by atoms with Crippen molar-refractivity contribution >= 4 is 15.9 Å². The molecule has 0 radical (unpaired) electrons. The number of hydrogen-bond acceptors (Lipinski definition) is 4. The molecule has 2 aromatic rings. The van der Waals surface area contributed by atoms with Crippen LogP contribution in [0.2, 0.25) is 0 Å². The highest BCUT2D eigenvalue weighted by molar-refractivity contribution is 7.89. The van der Waals surface area contributed by atoms with Crippen molar-refractivity contribution in [3.8, 4) is 5.75 Å². The second-order valence-electron chi connectivity index (χ2n) is 8.13. The molecular formula is C24H32N2O4S. The fourth-order valence-corrected chi connectivity index (χ4v) is 5.32. The molecule has 6 nitrogen and oxygen atoms in total. The molecule has 1 atom stereocenters. The third-order valence-corrected chi connectivity index (χ3v) is 7.32. The Morgan fingerprint density at radius 1 is 1.06 bits per heavy atom. The van der Waals surface area contributed by atoms with Crippen molar-refractivity contribution in [2.24, 2.45) is 0 Å². The predicted octanol–water partition coefficient (Wildman–Crippen LogP) is 4.12. The quantitative estimate of drug-likeness (QED) is 0.609. The molecule has 1 aliphatic carbocycles. The molecule has 3 rings (SSSR count). The van der Waals surface area contributed by atoms with E-state index in [0.29, 0.717) is 12.8 Å². The van der Waals surface area contributed by atoms with E-state index < -0.39 is 10.0 Å². The lowest BCUT2D eigenvalue weighted by atomic mass is 9.96. The monoisotopic (exact) mass is 444 g/mol. The molecule has 0 heterocycles. The molecule has 168 valence electrons. The van der Waals surface area contributed by atoms with E-state index in [-0.39, 0.29) is 22.9 Å². The van der Waals surface area contributed by atoms with Gasteiger partial charge in [-0.2, -0.15) is 0 Å². The van der Waals surface area contributed by atoms with Gasteiger partial charge >= 0.3 is 0 Å². The number of carbonyl (C=O) groups excluding carboxylic acids is 1. The zero-order valence-electron chi connectivity index (χ0n) is 18.3. The zero-order valence-corrected chi connectivity index (χ0v) is 19.1. The number of amides is 1. The third-order valence-electron chi connectivity index (χ3n) is 5.78. The first-order valence-corrected chi connectivity index (χ1v) is 12.4. The standard InChI is InChI=1S/C24H32N2O4S/c1-18(22-10-6-7-11-23(22)30-2)25-24(27)17-14-19-12-15-21(16-13-19)31(28,29)26-20-8-4-3-5-9-20/h6-7,10-13,15-16,18,20,26H,3-5,8-9,14,17H2,1-2H3,(H,25,27). The molecule has 1 unspecified atom stereocenters. The fourth-order valence-electron chi connectivity index (χ4n) is 4.02. The van der Waals surface area contributed by atoms with Crippen molar-refractivity contribution < 1.29 is 17.9 Å². The molecule has 1 fully saturated rings. The van der Waals surface area contributed by atoms with Crippen LogP contribution in [0.25, 0.3) is 0 Å². The first-order valence-electron chi connectivity index (χ1n) is 10.9. The fraction of sp³-hybridized carbons (Fsp3) is 0.458. The minimum absolute atomic E-state index is 0.0346. The van der Waals surface area contributed by atoms with Crippen molar-refractivity contribution in [2.45, 2.75) is 68.8 Å². The molecular weight excluding hydrogens is 412 g/mol. The predicted molar refractivity (Wildman–Crippen MR) is 122 cm³/mol. The van der Waals surface area contributed by atoms with Crippen LogP contribution >= 0.6 is 0 Å². The largest absolute Gasteiger partial charge is 0.496 e. The highest BCUT2D eigenvalue weighted by atomic mass is 32.2. The Labute approximate surface area is 185 Å². The summed E-state index contributed by atoms with van der Waals surface area (Å²) in [6, 6.07) is 14.3. The van der Waals surface area contributed by atoms with Crippen LogP contribution in [-0.2, 0) is 21.2 Å². The van der Waals surface area contributed by atoms with Gasteiger partial charge in [0.15, 0.2) is 0 Å². The van der Waals surface area contributed by atoms with E-state index in [0.717, 1.165) is 42.6 Å². The zero-order chi connectivity index (χ0) is 22.3. The second-order valence-corrected chi connectivity index (χ2v) is 9.85. The van der Waals surface area contributed by atoms with Gasteiger partial charge in [-0.3, -0.25) is 4.79 Å². The molecule has 0 aromatic heterocycles. The summed E-state index contributed by atoms with van der Waals surface area (Å²) in [5, 5.41) is 3.00. The Kier molecular flexibility index (Phi) is 8.09. The summed E-state index contributed by atoms with van der Waals surface area (Å²) in [7, 11) is -1.89. The number of benzene rings is 2. The highest BCUT2D eigenvalue weighted by Gasteiger charge is 2.21. The Balaban J connectivity index is 1.52. The average Bonchev–Trinajstić information content (AvgIpc) is 2.78. The topological polar surface area (TPSA) is 84.5 Å². The van der Waals surface area contributed by atoms with Crippen LogP contribution in [0, 0.1) is 0 Å². The number of para-hydroxylation sites is 1. The number of methoxy groups -OCH3 is 1. The molecule has 31 heavy (non-hydrogen) atoms. The summed E-state index contributed by atoms with van der Waals surface area (Å²) < 4.78 is 33.4. The summed E-state index contributed by atoms with van der Waals surface area (Å²) in [5.41, 5.74) is 1.86. The van der Waals surface area contributed by atoms with Crippen molar-refractivity contribution in [1.29, 1.82) is 0 Å². The van der Waals surface area contributed by atoms with E-state index in [1.807, 2.05) is 31.2 Å². The van der Waals surface area contributed by atoms with Crippen LogP contribution < -0.4 is 14.8 Å². The maximum Gasteiger partial charge on any atom is 0.240 e. The number of sulfonamides is 1. The molecule has 0 spiro atoms. The summed E-state index contributed by atoms with van der Waals surface area (Å²) >= 11 is 0. The maximum absolute atomic E-state index is 12.6. The Morgan fingerprint density at radius 3 is 2.42 bits per heavy atom. The maximum atomic E-state index is 12.6.